The van der Waals surface area contributed by atoms with E-state index in [4.69, 9.17) is 16.3 Å². The van der Waals surface area contributed by atoms with Gasteiger partial charge in [-0.2, -0.15) is 0 Å². The van der Waals surface area contributed by atoms with Crippen LogP contribution in [0.4, 0.5) is 0 Å². The average molecular weight is 256 g/mol. The van der Waals surface area contributed by atoms with Crippen LogP contribution in [0.5, 0.6) is 5.75 Å². The van der Waals surface area contributed by atoms with E-state index >= 15 is 0 Å². The maximum Gasteiger partial charge on any atom is 0.118 e. The van der Waals surface area contributed by atoms with Crippen LogP contribution in [-0.4, -0.2) is 25.1 Å². The zero-order valence-electron chi connectivity index (χ0n) is 10.9. The Morgan fingerprint density at radius 2 is 1.94 bits per heavy atom. The summed E-state index contributed by atoms with van der Waals surface area (Å²) in [7, 11) is 1.68. The smallest absolute Gasteiger partial charge is 0.118 e. The maximum absolute atomic E-state index is 5.95. The number of nitrogens with one attached hydrogen (secondary N) is 1. The minimum Gasteiger partial charge on any atom is -0.497 e. The third-order valence-electron chi connectivity index (χ3n) is 3.20. The molecule has 0 saturated heterocycles. The van der Waals surface area contributed by atoms with Gasteiger partial charge in [0.15, 0.2) is 0 Å². The molecule has 1 rings (SSSR count). The molecule has 1 aromatic carbocycles. The molecule has 1 atom stereocenters. The normalized spacial score (nSPS) is 14.4. The lowest BCUT2D eigenvalue weighted by molar-refractivity contribution is 0.384. The monoisotopic (exact) mass is 255 g/mol. The first kappa shape index (κ1) is 14.3. The Balaban J connectivity index is 2.40. The van der Waals surface area contributed by atoms with Crippen molar-refractivity contribution in [1.29, 1.82) is 0 Å². The van der Waals surface area contributed by atoms with Crippen molar-refractivity contribution in [3.63, 3.8) is 0 Å². The van der Waals surface area contributed by atoms with Crippen molar-refractivity contribution < 1.29 is 4.74 Å². The molecule has 0 heterocycles. The summed E-state index contributed by atoms with van der Waals surface area (Å²) in [5.41, 5.74) is 1.36. The largest absolute Gasteiger partial charge is 0.497 e. The van der Waals surface area contributed by atoms with Crippen molar-refractivity contribution in [3.8, 4) is 5.75 Å². The minimum absolute atomic E-state index is 0.0496. The Hall–Kier alpha value is -0.730. The number of hydrogen-bond acceptors (Lipinski definition) is 2. The van der Waals surface area contributed by atoms with Gasteiger partial charge in [-0.1, -0.05) is 19.1 Å². The first-order valence-electron chi connectivity index (χ1n) is 6.07. The van der Waals surface area contributed by atoms with Gasteiger partial charge in [-0.05, 0) is 44.0 Å². The predicted octanol–water partition coefficient (Wildman–Crippen LogP) is 3.23. The van der Waals surface area contributed by atoms with Crippen molar-refractivity contribution in [2.75, 3.05) is 19.5 Å². The Labute approximate surface area is 109 Å². The zero-order valence-corrected chi connectivity index (χ0v) is 11.7. The standard InChI is InChI=1S/C14H22ClNO/c1-4-14(2,11-15)16-10-9-12-5-7-13(17-3)8-6-12/h5-8,16H,4,9-11H2,1-3H3. The first-order chi connectivity index (χ1) is 8.13. The molecule has 0 saturated carbocycles. The molecule has 0 aromatic heterocycles. The minimum atomic E-state index is 0.0496. The molecular weight excluding hydrogens is 234 g/mol. The van der Waals surface area contributed by atoms with E-state index in [0.717, 1.165) is 25.1 Å². The SMILES string of the molecule is CCC(C)(CCl)NCCc1ccc(OC)cc1. The Morgan fingerprint density at radius 3 is 2.41 bits per heavy atom. The van der Waals surface area contributed by atoms with Gasteiger partial charge in [0.25, 0.3) is 0 Å². The zero-order chi connectivity index (χ0) is 12.7. The van der Waals surface area contributed by atoms with Crippen LogP contribution in [0, 0.1) is 0 Å². The summed E-state index contributed by atoms with van der Waals surface area (Å²) in [6.45, 7) is 5.26. The van der Waals surface area contributed by atoms with Crippen molar-refractivity contribution >= 4 is 11.6 Å². The quantitative estimate of drug-likeness (QED) is 0.756. The van der Waals surface area contributed by atoms with Gasteiger partial charge < -0.3 is 10.1 Å². The summed E-state index contributed by atoms with van der Waals surface area (Å²) >= 11 is 5.95. The van der Waals surface area contributed by atoms with Crippen LogP contribution in [-0.2, 0) is 6.42 Å². The molecule has 0 spiro atoms. The van der Waals surface area contributed by atoms with E-state index in [2.05, 4.69) is 31.3 Å². The molecule has 0 amide bonds. The number of benzene rings is 1. The lowest BCUT2D eigenvalue weighted by atomic mass is 10.0. The highest BCUT2D eigenvalue weighted by Crippen LogP contribution is 2.13. The van der Waals surface area contributed by atoms with E-state index in [-0.39, 0.29) is 5.54 Å². The Bertz CT molecular complexity index is 319. The highest BCUT2D eigenvalue weighted by molar-refractivity contribution is 6.18. The molecule has 1 N–H and O–H groups in total. The van der Waals surface area contributed by atoms with Crippen LogP contribution in [0.25, 0.3) is 0 Å². The van der Waals surface area contributed by atoms with E-state index in [1.54, 1.807) is 7.11 Å². The van der Waals surface area contributed by atoms with E-state index < -0.39 is 0 Å². The molecule has 0 radical (unpaired) electrons. The second-order valence-electron chi connectivity index (χ2n) is 4.57. The number of alkyl halides is 1. The number of rotatable bonds is 7. The third-order valence-corrected chi connectivity index (χ3v) is 3.79. The molecular formula is C14H22ClNO. The van der Waals surface area contributed by atoms with Gasteiger partial charge in [-0.25, -0.2) is 0 Å². The number of ether oxygens (including phenoxy) is 1. The molecule has 96 valence electrons. The van der Waals surface area contributed by atoms with E-state index in [9.17, 15) is 0 Å². The van der Waals surface area contributed by atoms with E-state index in [0.29, 0.717) is 5.88 Å². The average Bonchev–Trinajstić information content (AvgIpc) is 2.39. The lowest BCUT2D eigenvalue weighted by Crippen LogP contribution is -2.44. The van der Waals surface area contributed by atoms with Crippen molar-refractivity contribution in [3.05, 3.63) is 29.8 Å². The van der Waals surface area contributed by atoms with Gasteiger partial charge in [0.2, 0.25) is 0 Å². The number of halogens is 1. The Morgan fingerprint density at radius 1 is 1.29 bits per heavy atom. The summed E-state index contributed by atoms with van der Waals surface area (Å²) in [6.07, 6.45) is 2.05. The molecule has 0 aliphatic carbocycles. The van der Waals surface area contributed by atoms with Gasteiger partial charge in [-0.15, -0.1) is 11.6 Å². The third kappa shape index (κ3) is 4.57. The highest BCUT2D eigenvalue weighted by atomic mass is 35.5. The molecule has 0 bridgehead atoms. The van der Waals surface area contributed by atoms with Gasteiger partial charge in [0.1, 0.15) is 5.75 Å². The molecule has 0 fully saturated rings. The first-order valence-corrected chi connectivity index (χ1v) is 6.61. The molecule has 0 aliphatic rings. The topological polar surface area (TPSA) is 21.3 Å². The van der Waals surface area contributed by atoms with Crippen molar-refractivity contribution in [2.45, 2.75) is 32.2 Å². The molecule has 2 nitrogen and oxygen atoms in total. The second-order valence-corrected chi connectivity index (χ2v) is 4.84. The lowest BCUT2D eigenvalue weighted by Gasteiger charge is -2.27. The molecule has 3 heteroatoms. The summed E-state index contributed by atoms with van der Waals surface area (Å²) in [4.78, 5) is 0. The van der Waals surface area contributed by atoms with Crippen LogP contribution >= 0.6 is 11.6 Å². The van der Waals surface area contributed by atoms with Crippen LogP contribution in [0.2, 0.25) is 0 Å². The second kappa shape index (κ2) is 6.87. The fraction of sp³-hybridized carbons (Fsp3) is 0.571. The highest BCUT2D eigenvalue weighted by Gasteiger charge is 2.18. The number of hydrogen-bond donors (Lipinski definition) is 1. The van der Waals surface area contributed by atoms with Crippen LogP contribution in [0.15, 0.2) is 24.3 Å². The Kier molecular flexibility index (Phi) is 5.79. The van der Waals surface area contributed by atoms with Crippen molar-refractivity contribution in [2.24, 2.45) is 0 Å². The van der Waals surface area contributed by atoms with Crippen LogP contribution in [0.1, 0.15) is 25.8 Å². The summed E-state index contributed by atoms with van der Waals surface area (Å²) in [6, 6.07) is 8.20. The molecule has 0 aliphatic heterocycles. The van der Waals surface area contributed by atoms with Crippen molar-refractivity contribution in [1.82, 2.24) is 5.32 Å². The van der Waals surface area contributed by atoms with Gasteiger partial charge in [-0.3, -0.25) is 0 Å². The fourth-order valence-electron chi connectivity index (χ4n) is 1.57. The number of methoxy groups -OCH3 is 1. The van der Waals surface area contributed by atoms with Gasteiger partial charge in [0.05, 0.1) is 7.11 Å². The summed E-state index contributed by atoms with van der Waals surface area (Å²) in [5.74, 6) is 1.55. The summed E-state index contributed by atoms with van der Waals surface area (Å²) in [5, 5.41) is 3.51. The predicted molar refractivity (Wildman–Crippen MR) is 74.1 cm³/mol. The van der Waals surface area contributed by atoms with E-state index in [1.165, 1.54) is 5.56 Å². The summed E-state index contributed by atoms with van der Waals surface area (Å²) < 4.78 is 5.13. The molecule has 17 heavy (non-hydrogen) atoms. The van der Waals surface area contributed by atoms with Crippen LogP contribution < -0.4 is 10.1 Å². The maximum atomic E-state index is 5.95. The molecule has 1 unspecified atom stereocenters. The van der Waals surface area contributed by atoms with E-state index in [1.807, 2.05) is 12.1 Å². The van der Waals surface area contributed by atoms with Gasteiger partial charge in [0, 0.05) is 11.4 Å². The molecule has 1 aromatic rings. The fourth-order valence-corrected chi connectivity index (χ4v) is 1.85. The van der Waals surface area contributed by atoms with Crippen LogP contribution in [0.3, 0.4) is 0 Å². The van der Waals surface area contributed by atoms with Gasteiger partial charge >= 0.3 is 0 Å².